The highest BCUT2D eigenvalue weighted by atomic mass is 28.5. The number of H-pyrrole nitrogens is 1. The van der Waals surface area contributed by atoms with Gasteiger partial charge in [0.15, 0.2) is 6.23 Å². The van der Waals surface area contributed by atoms with E-state index in [4.69, 9.17) is 17.7 Å². The van der Waals surface area contributed by atoms with Crippen LogP contribution in [0.15, 0.2) is 21.9 Å². The molecule has 36 heavy (non-hydrogen) atoms. The van der Waals surface area contributed by atoms with E-state index in [1.165, 1.54) is 16.8 Å². The summed E-state index contributed by atoms with van der Waals surface area (Å²) in [6.45, 7) is 16.9. The van der Waals surface area contributed by atoms with Crippen molar-refractivity contribution in [1.29, 1.82) is 0 Å². The normalized spacial score (nSPS) is 30.1. The molecule has 1 aromatic heterocycles. The molecule has 2 aliphatic rings. The third kappa shape index (κ3) is 4.98. The lowest BCUT2D eigenvalue weighted by atomic mass is 9.89. The summed E-state index contributed by atoms with van der Waals surface area (Å²) in [6, 6.07) is 1.22. The molecule has 3 heterocycles. The monoisotopic (exact) mass is 544 g/mol. The average Bonchev–Trinajstić information content (AvgIpc) is 3.02. The smallest absolute Gasteiger partial charge is 0.335 e. The van der Waals surface area contributed by atoms with Crippen LogP contribution in [0.2, 0.25) is 22.2 Å². The molecule has 0 aliphatic carbocycles. The summed E-state index contributed by atoms with van der Waals surface area (Å²) in [5.74, 6) is 0. The van der Waals surface area contributed by atoms with E-state index in [0.717, 1.165) is 0 Å². The van der Waals surface area contributed by atoms with Crippen molar-refractivity contribution < 1.29 is 27.9 Å². The molecule has 0 spiro atoms. The predicted octanol–water partition coefficient (Wildman–Crippen LogP) is 2.89. The van der Waals surface area contributed by atoms with Gasteiger partial charge in [-0.05, 0) is 35.0 Å². The van der Waals surface area contributed by atoms with Gasteiger partial charge in [0.25, 0.3) is 5.56 Å². The van der Waals surface area contributed by atoms with Crippen LogP contribution < -0.4 is 11.2 Å². The Balaban J connectivity index is 2.20. The number of aliphatic hydroxyl groups excluding tert-OH is 1. The molecule has 2 aliphatic heterocycles. The maximum Gasteiger partial charge on any atom is 0.335 e. The number of hydrogen-bond donors (Lipinski definition) is 3. The topological polar surface area (TPSA) is 132 Å². The minimum absolute atomic E-state index is 0.0427. The third-order valence-electron chi connectivity index (χ3n) is 7.72. The van der Waals surface area contributed by atoms with E-state index in [0.29, 0.717) is 0 Å². The Hall–Kier alpha value is -1.13. The molecule has 3 rings (SSSR count). The number of aromatic nitrogens is 2. The Bertz CT molecular complexity index is 994. The van der Waals surface area contributed by atoms with Gasteiger partial charge in [-0.15, -0.1) is 0 Å². The molecule has 12 heteroatoms. The summed E-state index contributed by atoms with van der Waals surface area (Å²) in [5.41, 5.74) is -2.51. The van der Waals surface area contributed by atoms with Crippen LogP contribution in [0.1, 0.15) is 74.5 Å². The van der Waals surface area contributed by atoms with E-state index in [1.807, 2.05) is 0 Å². The first-order chi connectivity index (χ1) is 16.7. The number of nitrogens with zero attached hydrogens (tertiary/aromatic N) is 1. The Labute approximate surface area is 215 Å². The molecule has 3 N–H and O–H groups in total. The number of ether oxygens (including phenoxy) is 1. The molecule has 206 valence electrons. The van der Waals surface area contributed by atoms with Crippen LogP contribution in [0.25, 0.3) is 0 Å². The maximum atomic E-state index is 12.7. The van der Waals surface area contributed by atoms with Crippen LogP contribution >= 0.6 is 0 Å². The van der Waals surface area contributed by atoms with E-state index in [1.54, 1.807) is 0 Å². The van der Waals surface area contributed by atoms with E-state index in [-0.39, 0.29) is 48.2 Å². The standard InChI is InChI=1S/C24H44N2O8Si2/c1-15(2)35(16(3)4)31-14-19-21(33-36(34-35,17(5)6)18(7)8)24(30,11-9-13-27)22(32-19)26-12-10-20(28)25-23(26)29/h10,12,15-19,21-22,27,30H,9,11,13-14H2,1-8H3,(H,25,28,29)/t19-,21-,22-,24+/m1/s1. The van der Waals surface area contributed by atoms with E-state index < -0.39 is 52.4 Å². The molecule has 4 atom stereocenters. The lowest BCUT2D eigenvalue weighted by molar-refractivity contribution is -0.116. The largest absolute Gasteiger partial charge is 0.414 e. The lowest BCUT2D eigenvalue weighted by Crippen LogP contribution is -2.67. The average molecular weight is 545 g/mol. The van der Waals surface area contributed by atoms with E-state index in [9.17, 15) is 19.8 Å². The first-order valence-corrected chi connectivity index (χ1v) is 17.0. The van der Waals surface area contributed by atoms with E-state index >= 15 is 0 Å². The van der Waals surface area contributed by atoms with E-state index in [2.05, 4.69) is 60.4 Å². The Morgan fingerprint density at radius 1 is 1.06 bits per heavy atom. The fourth-order valence-corrected chi connectivity index (χ4v) is 17.0. The minimum Gasteiger partial charge on any atom is -0.414 e. The van der Waals surface area contributed by atoms with Gasteiger partial charge in [-0.1, -0.05) is 55.4 Å². The highest BCUT2D eigenvalue weighted by molar-refractivity contribution is 6.84. The van der Waals surface area contributed by atoms with Crippen molar-refractivity contribution in [3.63, 3.8) is 0 Å². The van der Waals surface area contributed by atoms with Gasteiger partial charge in [0, 0.05) is 18.9 Å². The number of hydrogen-bond acceptors (Lipinski definition) is 8. The molecule has 0 radical (unpaired) electrons. The van der Waals surface area contributed by atoms with Gasteiger partial charge < -0.3 is 27.9 Å². The van der Waals surface area contributed by atoms with Gasteiger partial charge in [0.1, 0.15) is 17.8 Å². The van der Waals surface area contributed by atoms with Gasteiger partial charge in [0.05, 0.1) is 6.61 Å². The molecule has 10 nitrogen and oxygen atoms in total. The van der Waals surface area contributed by atoms with Gasteiger partial charge >= 0.3 is 22.8 Å². The van der Waals surface area contributed by atoms with Gasteiger partial charge in [0.2, 0.25) is 0 Å². The summed E-state index contributed by atoms with van der Waals surface area (Å²) in [6.07, 6.45) is -0.935. The summed E-state index contributed by atoms with van der Waals surface area (Å²) in [4.78, 5) is 26.7. The van der Waals surface area contributed by atoms with Crippen LogP contribution in [-0.4, -0.2) is 67.9 Å². The molecular formula is C24H44N2O8Si2. The van der Waals surface area contributed by atoms with Crippen LogP contribution in [0.3, 0.4) is 0 Å². The van der Waals surface area contributed by atoms with Crippen LogP contribution in [0.5, 0.6) is 0 Å². The van der Waals surface area contributed by atoms with Crippen molar-refractivity contribution in [2.24, 2.45) is 0 Å². The summed E-state index contributed by atoms with van der Waals surface area (Å²) in [5, 5.41) is 21.8. The zero-order chi connectivity index (χ0) is 27.1. The van der Waals surface area contributed by atoms with Crippen molar-refractivity contribution in [3.05, 3.63) is 33.1 Å². The minimum atomic E-state index is -3.06. The van der Waals surface area contributed by atoms with Crippen molar-refractivity contribution in [1.82, 2.24) is 9.55 Å². The summed E-state index contributed by atoms with van der Waals surface area (Å²) in [7, 11) is -5.87. The van der Waals surface area contributed by atoms with Crippen molar-refractivity contribution in [3.8, 4) is 0 Å². The van der Waals surface area contributed by atoms with Crippen LogP contribution in [-0.2, 0) is 17.7 Å². The molecule has 1 aromatic rings. The number of rotatable bonds is 8. The quantitative estimate of drug-likeness (QED) is 0.426. The second-order valence-corrected chi connectivity index (χ2v) is 20.2. The SMILES string of the molecule is CC(C)[Si]1(C(C)C)OC[C@H]2O[C@@H](n3ccc(=O)[nH]c3=O)[C@](O)(CCCO)[C@@H]2O[Si](C(C)C)(C(C)C)O1. The molecule has 0 bridgehead atoms. The second kappa shape index (κ2) is 10.9. The molecular weight excluding hydrogens is 500 g/mol. The fraction of sp³-hybridized carbons (Fsp3) is 0.833. The molecule has 0 unspecified atom stereocenters. The lowest BCUT2D eigenvalue weighted by Gasteiger charge is -2.52. The molecule has 2 fully saturated rings. The predicted molar refractivity (Wildman–Crippen MR) is 140 cm³/mol. The molecule has 0 amide bonds. The summed E-state index contributed by atoms with van der Waals surface area (Å²) < 4.78 is 28.5. The zero-order valence-corrected chi connectivity index (χ0v) is 24.8. The van der Waals surface area contributed by atoms with Crippen molar-refractivity contribution >= 4 is 17.1 Å². The molecule has 0 saturated carbocycles. The summed E-state index contributed by atoms with van der Waals surface area (Å²) >= 11 is 0. The van der Waals surface area contributed by atoms with Gasteiger partial charge in [-0.25, -0.2) is 4.79 Å². The van der Waals surface area contributed by atoms with Gasteiger partial charge in [-0.3, -0.25) is 14.3 Å². The number of fused-ring (bicyclic) bond motifs is 1. The van der Waals surface area contributed by atoms with Crippen LogP contribution in [0.4, 0.5) is 0 Å². The highest BCUT2D eigenvalue weighted by Crippen LogP contribution is 2.51. The van der Waals surface area contributed by atoms with Crippen LogP contribution in [0, 0.1) is 0 Å². The Morgan fingerprint density at radius 2 is 1.64 bits per heavy atom. The third-order valence-corrected chi connectivity index (χ3v) is 18.0. The van der Waals surface area contributed by atoms with Gasteiger partial charge in [-0.2, -0.15) is 0 Å². The first kappa shape index (κ1) is 29.4. The number of aliphatic hydroxyl groups is 2. The Morgan fingerprint density at radius 3 is 2.14 bits per heavy atom. The number of nitrogens with one attached hydrogen (secondary N) is 1. The number of aromatic amines is 1. The zero-order valence-electron chi connectivity index (χ0n) is 22.8. The fourth-order valence-electron chi connectivity index (χ4n) is 5.79. The molecule has 2 saturated heterocycles. The first-order valence-electron chi connectivity index (χ1n) is 13.1. The molecule has 0 aromatic carbocycles. The Kier molecular flexibility index (Phi) is 8.93. The van der Waals surface area contributed by atoms with Crippen molar-refractivity contribution in [2.45, 2.75) is 114 Å². The maximum absolute atomic E-state index is 12.7. The van der Waals surface area contributed by atoms with Crippen molar-refractivity contribution in [2.75, 3.05) is 13.2 Å². The highest BCUT2D eigenvalue weighted by Gasteiger charge is 2.65. The second-order valence-electron chi connectivity index (χ2n) is 11.4.